The van der Waals surface area contributed by atoms with E-state index in [2.05, 4.69) is 38.5 Å². The molecule has 5 nitrogen and oxygen atoms in total. The van der Waals surface area contributed by atoms with Crippen molar-refractivity contribution in [1.29, 1.82) is 0 Å². The summed E-state index contributed by atoms with van der Waals surface area (Å²) in [5, 5.41) is 0.0816. The number of imide groups is 1. The average molecular weight is 657 g/mol. The Kier molecular flexibility index (Phi) is 7.68. The van der Waals surface area contributed by atoms with Gasteiger partial charge in [0.05, 0.1) is 21.3 Å². The van der Waals surface area contributed by atoms with Crippen LogP contribution in [0.5, 0.6) is 11.5 Å². The van der Waals surface area contributed by atoms with E-state index in [1.807, 2.05) is 30.3 Å². The number of rotatable bonds is 6. The predicted molar refractivity (Wildman–Crippen MR) is 144 cm³/mol. The molecule has 9 heteroatoms. The topological polar surface area (TPSA) is 55.8 Å². The van der Waals surface area contributed by atoms with Crippen molar-refractivity contribution in [1.82, 2.24) is 0 Å². The van der Waals surface area contributed by atoms with Gasteiger partial charge in [0.2, 0.25) is 0 Å². The average Bonchev–Trinajstić information content (AvgIpc) is 3.06. The zero-order chi connectivity index (χ0) is 23.5. The normalized spacial score (nSPS) is 14.8. The van der Waals surface area contributed by atoms with E-state index in [9.17, 15) is 9.59 Å². The summed E-state index contributed by atoms with van der Waals surface area (Å²) in [4.78, 5) is 26.9. The van der Waals surface area contributed by atoms with Crippen LogP contribution >= 0.6 is 61.9 Å². The summed E-state index contributed by atoms with van der Waals surface area (Å²) < 4.78 is 13.4. The molecular formula is C24H16BrClINO4S. The molecule has 168 valence electrons. The van der Waals surface area contributed by atoms with Crippen molar-refractivity contribution in [2.24, 2.45) is 0 Å². The molecule has 1 fully saturated rings. The van der Waals surface area contributed by atoms with Crippen LogP contribution in [0.3, 0.4) is 0 Å². The lowest BCUT2D eigenvalue weighted by atomic mass is 10.1. The Hall–Kier alpha value is -2.01. The van der Waals surface area contributed by atoms with E-state index >= 15 is 0 Å². The highest BCUT2D eigenvalue weighted by molar-refractivity contribution is 14.1. The van der Waals surface area contributed by atoms with Crippen LogP contribution in [-0.2, 0) is 11.4 Å². The first-order chi connectivity index (χ1) is 15.9. The Bertz CT molecular complexity index is 1270. The molecule has 0 aromatic heterocycles. The van der Waals surface area contributed by atoms with Gasteiger partial charge in [0, 0.05) is 9.50 Å². The van der Waals surface area contributed by atoms with Crippen LogP contribution in [0.2, 0.25) is 5.02 Å². The molecule has 1 aliphatic rings. The van der Waals surface area contributed by atoms with E-state index < -0.39 is 5.91 Å². The fourth-order valence-electron chi connectivity index (χ4n) is 3.16. The smallest absolute Gasteiger partial charge is 0.298 e. The van der Waals surface area contributed by atoms with Crippen molar-refractivity contribution in [3.05, 3.63) is 89.8 Å². The third-order valence-electron chi connectivity index (χ3n) is 4.71. The highest BCUT2D eigenvalue weighted by Crippen LogP contribution is 2.39. The second-order valence-corrected chi connectivity index (χ2v) is 10.5. The monoisotopic (exact) mass is 655 g/mol. The van der Waals surface area contributed by atoms with E-state index in [1.54, 1.807) is 43.5 Å². The minimum atomic E-state index is -0.392. The van der Waals surface area contributed by atoms with Gasteiger partial charge < -0.3 is 9.47 Å². The lowest BCUT2D eigenvalue weighted by Crippen LogP contribution is -2.27. The molecule has 0 aliphatic carbocycles. The molecule has 0 radical (unpaired) electrons. The first kappa shape index (κ1) is 24.1. The van der Waals surface area contributed by atoms with Crippen molar-refractivity contribution >= 4 is 84.8 Å². The zero-order valence-corrected chi connectivity index (χ0v) is 22.5. The molecule has 0 bridgehead atoms. The molecule has 0 saturated carbocycles. The number of carbonyl (C=O) groups is 2. The molecule has 3 aromatic carbocycles. The number of amides is 2. The number of methoxy groups -OCH3 is 1. The Balaban J connectivity index is 1.58. The van der Waals surface area contributed by atoms with Crippen LogP contribution < -0.4 is 14.4 Å². The van der Waals surface area contributed by atoms with E-state index in [0.717, 1.165) is 35.8 Å². The van der Waals surface area contributed by atoms with Gasteiger partial charge in [0.1, 0.15) is 6.61 Å². The van der Waals surface area contributed by atoms with Gasteiger partial charge in [-0.25, -0.2) is 4.90 Å². The summed E-state index contributed by atoms with van der Waals surface area (Å²) >= 11 is 12.5. The maximum atomic E-state index is 12.9. The van der Waals surface area contributed by atoms with Crippen LogP contribution in [-0.4, -0.2) is 18.3 Å². The van der Waals surface area contributed by atoms with Crippen molar-refractivity contribution < 1.29 is 19.1 Å². The fourth-order valence-corrected chi connectivity index (χ4v) is 5.23. The van der Waals surface area contributed by atoms with Crippen molar-refractivity contribution in [2.75, 3.05) is 12.0 Å². The van der Waals surface area contributed by atoms with Crippen LogP contribution in [0, 0.1) is 3.57 Å². The van der Waals surface area contributed by atoms with Crippen LogP contribution in [0.15, 0.2) is 70.0 Å². The Labute approximate surface area is 222 Å². The molecule has 0 N–H and O–H groups in total. The Morgan fingerprint density at radius 3 is 2.58 bits per heavy atom. The number of halogens is 3. The standard InChI is InChI=1S/C24H16BrClINO4S/c1-31-20-10-15(9-19(27)22(20)32-13-14-5-7-16(25)8-6-14)11-21-23(29)28(24(30)33-21)18-4-2-3-17(26)12-18/h2-12H,13H2,1H3/b21-11+. The molecule has 3 aromatic rings. The predicted octanol–water partition coefficient (Wildman–Crippen LogP) is 7.54. The number of hydrogen-bond donors (Lipinski definition) is 0. The summed E-state index contributed by atoms with van der Waals surface area (Å²) in [7, 11) is 1.56. The molecule has 2 amide bonds. The van der Waals surface area contributed by atoms with Crippen LogP contribution in [0.25, 0.3) is 6.08 Å². The third-order valence-corrected chi connectivity index (χ3v) is 7.14. The Morgan fingerprint density at radius 2 is 1.88 bits per heavy atom. The largest absolute Gasteiger partial charge is 0.493 e. The molecule has 1 aliphatic heterocycles. The number of nitrogens with zero attached hydrogens (tertiary/aromatic N) is 1. The number of ether oxygens (including phenoxy) is 2. The SMILES string of the molecule is COc1cc(/C=C2/SC(=O)N(c3cccc(Cl)c3)C2=O)cc(I)c1OCc1ccc(Br)cc1. The van der Waals surface area contributed by atoms with Gasteiger partial charge in [0.25, 0.3) is 11.1 Å². The summed E-state index contributed by atoms with van der Waals surface area (Å²) in [5.74, 6) is 0.765. The molecule has 1 saturated heterocycles. The molecule has 0 atom stereocenters. The maximum absolute atomic E-state index is 12.9. The van der Waals surface area contributed by atoms with Gasteiger partial charge in [-0.15, -0.1) is 0 Å². The lowest BCUT2D eigenvalue weighted by molar-refractivity contribution is -0.113. The minimum absolute atomic E-state index is 0.321. The van der Waals surface area contributed by atoms with Gasteiger partial charge in [-0.05, 0) is 94.0 Å². The molecule has 1 heterocycles. The summed E-state index contributed by atoms with van der Waals surface area (Å²) in [6.07, 6.45) is 1.68. The van der Waals surface area contributed by atoms with E-state index in [1.165, 1.54) is 0 Å². The number of hydrogen-bond acceptors (Lipinski definition) is 5. The maximum Gasteiger partial charge on any atom is 0.298 e. The van der Waals surface area contributed by atoms with Crippen molar-refractivity contribution in [3.8, 4) is 11.5 Å². The number of carbonyl (C=O) groups excluding carboxylic acids is 2. The number of benzene rings is 3. The summed E-state index contributed by atoms with van der Waals surface area (Å²) in [6.45, 7) is 0.386. The van der Waals surface area contributed by atoms with E-state index in [0.29, 0.717) is 33.7 Å². The minimum Gasteiger partial charge on any atom is -0.493 e. The van der Waals surface area contributed by atoms with Crippen molar-refractivity contribution in [3.63, 3.8) is 0 Å². The van der Waals surface area contributed by atoms with Crippen LogP contribution in [0.1, 0.15) is 11.1 Å². The zero-order valence-electron chi connectivity index (χ0n) is 17.2. The molecule has 0 spiro atoms. The van der Waals surface area contributed by atoms with Gasteiger partial charge in [-0.3, -0.25) is 9.59 Å². The lowest BCUT2D eigenvalue weighted by Gasteiger charge is -2.14. The molecule has 33 heavy (non-hydrogen) atoms. The molecule has 4 rings (SSSR count). The molecular weight excluding hydrogens is 641 g/mol. The van der Waals surface area contributed by atoms with Gasteiger partial charge in [-0.2, -0.15) is 0 Å². The summed E-state index contributed by atoms with van der Waals surface area (Å²) in [5.41, 5.74) is 2.19. The van der Waals surface area contributed by atoms with E-state index in [4.69, 9.17) is 21.1 Å². The fraction of sp³-hybridized carbons (Fsp3) is 0.0833. The van der Waals surface area contributed by atoms with Gasteiger partial charge in [0.15, 0.2) is 11.5 Å². The first-order valence-electron chi connectivity index (χ1n) is 9.64. The first-order valence-corrected chi connectivity index (χ1v) is 12.7. The van der Waals surface area contributed by atoms with E-state index in [-0.39, 0.29) is 5.24 Å². The number of thioether (sulfide) groups is 1. The highest BCUT2D eigenvalue weighted by Gasteiger charge is 2.36. The highest BCUT2D eigenvalue weighted by atomic mass is 127. The van der Waals surface area contributed by atoms with Gasteiger partial charge >= 0.3 is 0 Å². The second-order valence-electron chi connectivity index (χ2n) is 6.95. The van der Waals surface area contributed by atoms with Crippen LogP contribution in [0.4, 0.5) is 10.5 Å². The van der Waals surface area contributed by atoms with Crippen molar-refractivity contribution in [2.45, 2.75) is 6.61 Å². The second kappa shape index (κ2) is 10.5. The Morgan fingerprint density at radius 1 is 1.12 bits per heavy atom. The van der Waals surface area contributed by atoms with Gasteiger partial charge in [-0.1, -0.05) is 45.7 Å². The third kappa shape index (κ3) is 5.56. The molecule has 0 unspecified atom stereocenters. The quantitative estimate of drug-likeness (QED) is 0.203. The summed E-state index contributed by atoms with van der Waals surface area (Å²) in [6, 6.07) is 18.2. The number of anilines is 1.